The van der Waals surface area contributed by atoms with Crippen LogP contribution in [0.5, 0.6) is 0 Å². The third-order valence-electron chi connectivity index (χ3n) is 4.59. The van der Waals surface area contributed by atoms with Gasteiger partial charge in [-0.2, -0.15) is 0 Å². The Bertz CT molecular complexity index is 692. The summed E-state index contributed by atoms with van der Waals surface area (Å²) < 4.78 is 0. The lowest BCUT2D eigenvalue weighted by Gasteiger charge is -2.36. The molecule has 0 aliphatic heterocycles. The molecule has 3 nitrogen and oxygen atoms in total. The maximum atomic E-state index is 10.3. The number of rotatable bonds is 6. The Balaban J connectivity index is 2.50. The number of halogens is 1. The summed E-state index contributed by atoms with van der Waals surface area (Å²) in [5.41, 5.74) is 5.17. The SMILES string of the molecule is CC(C)(O)CC([NH3+])C(C)(C(=N)c1ccc(Cl)cc1)c1ccccc1. The fourth-order valence-electron chi connectivity index (χ4n) is 3.09. The standard InChI is InChI=1S/C20H25ClN2O/c1-19(2,24)13-17(22)20(3,15-7-5-4-6-8-15)18(23)14-9-11-16(21)12-10-14/h4-12,17,23-24H,13,22H2,1-3H3/p+1. The van der Waals surface area contributed by atoms with Gasteiger partial charge >= 0.3 is 0 Å². The second-order valence-corrected chi connectivity index (χ2v) is 7.60. The third-order valence-corrected chi connectivity index (χ3v) is 4.84. The van der Waals surface area contributed by atoms with Crippen LogP contribution in [0.15, 0.2) is 54.6 Å². The van der Waals surface area contributed by atoms with Crippen molar-refractivity contribution in [2.24, 2.45) is 0 Å². The number of hydrogen-bond donors (Lipinski definition) is 3. The van der Waals surface area contributed by atoms with Crippen molar-refractivity contribution in [1.29, 1.82) is 5.41 Å². The lowest BCUT2D eigenvalue weighted by molar-refractivity contribution is -0.437. The van der Waals surface area contributed by atoms with Gasteiger partial charge in [0.25, 0.3) is 0 Å². The maximum Gasteiger partial charge on any atom is 0.102 e. The van der Waals surface area contributed by atoms with Gasteiger partial charge in [-0.1, -0.05) is 54.1 Å². The summed E-state index contributed by atoms with van der Waals surface area (Å²) in [5, 5.41) is 19.8. The van der Waals surface area contributed by atoms with Crippen LogP contribution in [-0.2, 0) is 5.41 Å². The molecule has 2 atom stereocenters. The van der Waals surface area contributed by atoms with Crippen LogP contribution in [0, 0.1) is 5.41 Å². The molecule has 2 rings (SSSR count). The van der Waals surface area contributed by atoms with E-state index in [-0.39, 0.29) is 6.04 Å². The highest BCUT2D eigenvalue weighted by molar-refractivity contribution is 6.30. The lowest BCUT2D eigenvalue weighted by Crippen LogP contribution is -2.72. The first-order chi connectivity index (χ1) is 11.1. The molecule has 0 bridgehead atoms. The number of aliphatic hydroxyl groups is 1. The molecule has 0 aliphatic carbocycles. The maximum absolute atomic E-state index is 10.3. The van der Waals surface area contributed by atoms with Crippen molar-refractivity contribution in [3.05, 3.63) is 70.7 Å². The molecule has 0 saturated carbocycles. The monoisotopic (exact) mass is 345 g/mol. The van der Waals surface area contributed by atoms with Gasteiger partial charge in [0, 0.05) is 11.4 Å². The molecule has 0 amide bonds. The van der Waals surface area contributed by atoms with E-state index in [0.717, 1.165) is 11.1 Å². The van der Waals surface area contributed by atoms with E-state index in [1.165, 1.54) is 0 Å². The molecule has 2 unspecified atom stereocenters. The van der Waals surface area contributed by atoms with E-state index in [1.807, 2.05) is 49.4 Å². The van der Waals surface area contributed by atoms with E-state index >= 15 is 0 Å². The van der Waals surface area contributed by atoms with E-state index in [0.29, 0.717) is 17.2 Å². The molecule has 0 aromatic heterocycles. The summed E-state index contributed by atoms with van der Waals surface area (Å²) in [6.07, 6.45) is 0.494. The van der Waals surface area contributed by atoms with E-state index in [1.54, 1.807) is 26.0 Å². The van der Waals surface area contributed by atoms with Crippen molar-refractivity contribution in [3.63, 3.8) is 0 Å². The van der Waals surface area contributed by atoms with E-state index < -0.39 is 11.0 Å². The lowest BCUT2D eigenvalue weighted by atomic mass is 9.68. The zero-order valence-corrected chi connectivity index (χ0v) is 15.3. The van der Waals surface area contributed by atoms with E-state index in [9.17, 15) is 5.11 Å². The van der Waals surface area contributed by atoms with Crippen molar-refractivity contribution >= 4 is 17.3 Å². The van der Waals surface area contributed by atoms with Crippen molar-refractivity contribution in [2.75, 3.05) is 0 Å². The molecule has 0 heterocycles. The molecule has 5 N–H and O–H groups in total. The van der Waals surface area contributed by atoms with Crippen LogP contribution >= 0.6 is 11.6 Å². The Morgan fingerprint density at radius 2 is 1.62 bits per heavy atom. The van der Waals surface area contributed by atoms with Crippen molar-refractivity contribution in [2.45, 2.75) is 44.2 Å². The Hall–Kier alpha value is -1.68. The molecule has 4 heteroatoms. The molecule has 128 valence electrons. The molecule has 24 heavy (non-hydrogen) atoms. The Labute approximate surface area is 149 Å². The van der Waals surface area contributed by atoms with Crippen LogP contribution in [0.25, 0.3) is 0 Å². The predicted octanol–water partition coefficient (Wildman–Crippen LogP) is 3.44. The molecule has 2 aromatic carbocycles. The van der Waals surface area contributed by atoms with Crippen LogP contribution in [0.3, 0.4) is 0 Å². The van der Waals surface area contributed by atoms with Gasteiger partial charge in [0.05, 0.1) is 16.7 Å². The summed E-state index contributed by atoms with van der Waals surface area (Å²) >= 11 is 5.98. The Morgan fingerprint density at radius 1 is 1.08 bits per heavy atom. The summed E-state index contributed by atoms with van der Waals surface area (Å²) in [7, 11) is 0. The zero-order chi connectivity index (χ0) is 18.0. The minimum absolute atomic E-state index is 0.164. The zero-order valence-electron chi connectivity index (χ0n) is 14.5. The Kier molecular flexibility index (Phi) is 5.49. The summed E-state index contributed by atoms with van der Waals surface area (Å²) in [5.74, 6) is 0. The smallest absolute Gasteiger partial charge is 0.102 e. The van der Waals surface area contributed by atoms with Gasteiger partial charge in [0.15, 0.2) is 0 Å². The number of nitrogens with one attached hydrogen (secondary N) is 1. The Morgan fingerprint density at radius 3 is 2.12 bits per heavy atom. The van der Waals surface area contributed by atoms with Gasteiger partial charge < -0.3 is 16.2 Å². The van der Waals surface area contributed by atoms with Crippen LogP contribution < -0.4 is 5.73 Å². The number of benzene rings is 2. The molecule has 0 fully saturated rings. The second-order valence-electron chi connectivity index (χ2n) is 7.16. The van der Waals surface area contributed by atoms with Crippen molar-refractivity contribution < 1.29 is 10.8 Å². The molecule has 0 radical (unpaired) electrons. The largest absolute Gasteiger partial charge is 0.390 e. The normalized spacial score (nSPS) is 15.6. The topological polar surface area (TPSA) is 71.7 Å². The summed E-state index contributed by atoms with van der Waals surface area (Å²) in [6.45, 7) is 5.59. The highest BCUT2D eigenvalue weighted by Crippen LogP contribution is 2.33. The average Bonchev–Trinajstić information content (AvgIpc) is 2.53. The molecular formula is C20H26ClN2O+. The molecule has 0 aliphatic rings. The minimum atomic E-state index is -0.845. The number of hydrogen-bond acceptors (Lipinski definition) is 2. The second kappa shape index (κ2) is 7.06. The summed E-state index contributed by atoms with van der Waals surface area (Å²) in [6, 6.07) is 17.1. The van der Waals surface area contributed by atoms with Crippen LogP contribution in [0.2, 0.25) is 5.02 Å². The van der Waals surface area contributed by atoms with E-state index in [4.69, 9.17) is 17.0 Å². The van der Waals surface area contributed by atoms with Gasteiger partial charge in [-0.05, 0) is 44.0 Å². The van der Waals surface area contributed by atoms with Crippen LogP contribution in [-0.4, -0.2) is 22.5 Å². The van der Waals surface area contributed by atoms with E-state index in [2.05, 4.69) is 5.73 Å². The average molecular weight is 346 g/mol. The first-order valence-electron chi connectivity index (χ1n) is 8.10. The molecular weight excluding hydrogens is 320 g/mol. The minimum Gasteiger partial charge on any atom is -0.390 e. The molecule has 0 spiro atoms. The quantitative estimate of drug-likeness (QED) is 0.689. The van der Waals surface area contributed by atoms with Crippen molar-refractivity contribution in [3.8, 4) is 0 Å². The molecule has 2 aromatic rings. The van der Waals surface area contributed by atoms with Gasteiger partial charge in [-0.3, -0.25) is 0 Å². The van der Waals surface area contributed by atoms with Gasteiger partial charge in [0.1, 0.15) is 6.04 Å². The van der Waals surface area contributed by atoms with Gasteiger partial charge in [-0.15, -0.1) is 0 Å². The van der Waals surface area contributed by atoms with Crippen LogP contribution in [0.1, 0.15) is 38.3 Å². The summed E-state index contributed by atoms with van der Waals surface area (Å²) in [4.78, 5) is 0. The first-order valence-corrected chi connectivity index (χ1v) is 8.48. The van der Waals surface area contributed by atoms with Crippen LogP contribution in [0.4, 0.5) is 0 Å². The van der Waals surface area contributed by atoms with Gasteiger partial charge in [0.2, 0.25) is 0 Å². The van der Waals surface area contributed by atoms with Crippen molar-refractivity contribution in [1.82, 2.24) is 0 Å². The fraction of sp³-hybridized carbons (Fsp3) is 0.350. The predicted molar refractivity (Wildman–Crippen MR) is 99.7 cm³/mol. The highest BCUT2D eigenvalue weighted by Gasteiger charge is 2.43. The fourth-order valence-corrected chi connectivity index (χ4v) is 3.22. The highest BCUT2D eigenvalue weighted by atomic mass is 35.5. The molecule has 0 saturated heterocycles. The first kappa shape index (κ1) is 18.7. The van der Waals surface area contributed by atoms with Gasteiger partial charge in [-0.25, -0.2) is 0 Å². The number of quaternary nitrogens is 1. The third kappa shape index (κ3) is 4.04.